The Labute approximate surface area is 263 Å². The lowest BCUT2D eigenvalue weighted by molar-refractivity contribution is -0.139. The van der Waals surface area contributed by atoms with Crippen LogP contribution in [0.25, 0.3) is 28.0 Å². The number of halogens is 1. The monoisotopic (exact) mass is 614 g/mol. The quantitative estimate of drug-likeness (QED) is 0.0944. The van der Waals surface area contributed by atoms with Crippen molar-refractivity contribution in [1.29, 1.82) is 0 Å². The van der Waals surface area contributed by atoms with Crippen molar-refractivity contribution in [3.8, 4) is 28.1 Å². The number of hydrogen-bond acceptors (Lipinski definition) is 7. The van der Waals surface area contributed by atoms with E-state index >= 15 is 0 Å². The molecular weight excluding hydrogens is 576 g/mol. The fourth-order valence-corrected chi connectivity index (χ4v) is 5.89. The van der Waals surface area contributed by atoms with Gasteiger partial charge in [-0.3, -0.25) is 4.79 Å². The van der Waals surface area contributed by atoms with Crippen molar-refractivity contribution in [3.05, 3.63) is 90.1 Å². The van der Waals surface area contributed by atoms with Gasteiger partial charge in [0.2, 0.25) is 0 Å². The van der Waals surface area contributed by atoms with Crippen LogP contribution in [0.2, 0.25) is 5.02 Å². The van der Waals surface area contributed by atoms with Crippen LogP contribution < -0.4 is 9.64 Å². The molecule has 0 saturated carbocycles. The summed E-state index contributed by atoms with van der Waals surface area (Å²) in [5, 5.41) is 5.67. The summed E-state index contributed by atoms with van der Waals surface area (Å²) in [6.07, 6.45) is 6.10. The maximum absolute atomic E-state index is 12.5. The van der Waals surface area contributed by atoms with Crippen LogP contribution in [-0.2, 0) is 20.7 Å². The number of fused-ring (bicyclic) bond motifs is 1. The number of carbonyl (C=O) groups is 1. The fraction of sp³-hybridized carbons (Fsp3) is 0.343. The van der Waals surface area contributed by atoms with E-state index in [4.69, 9.17) is 35.9 Å². The van der Waals surface area contributed by atoms with Crippen molar-refractivity contribution in [2.45, 2.75) is 45.1 Å². The molecule has 0 amide bonds. The van der Waals surface area contributed by atoms with E-state index in [-0.39, 0.29) is 18.0 Å². The van der Waals surface area contributed by atoms with E-state index in [0.29, 0.717) is 29.6 Å². The summed E-state index contributed by atoms with van der Waals surface area (Å²) in [6.45, 7) is 14.2. The van der Waals surface area contributed by atoms with Crippen LogP contribution in [0.3, 0.4) is 0 Å². The van der Waals surface area contributed by atoms with Gasteiger partial charge >= 0.3 is 5.97 Å². The van der Waals surface area contributed by atoms with E-state index < -0.39 is 0 Å². The first-order valence-electron chi connectivity index (χ1n) is 14.9. The second-order valence-corrected chi connectivity index (χ2v) is 11.6. The van der Waals surface area contributed by atoms with Crippen molar-refractivity contribution < 1.29 is 19.0 Å². The molecule has 2 aromatic carbocycles. The molecule has 0 radical (unpaired) electrons. The summed E-state index contributed by atoms with van der Waals surface area (Å²) in [6, 6.07) is 15.7. The van der Waals surface area contributed by atoms with Gasteiger partial charge in [0.05, 0.1) is 43.1 Å². The number of nitrogens with zero attached hydrogens (tertiary/aromatic N) is 4. The van der Waals surface area contributed by atoms with Crippen LogP contribution in [0.1, 0.15) is 37.4 Å². The largest absolute Gasteiger partial charge is 0.493 e. The van der Waals surface area contributed by atoms with Gasteiger partial charge in [-0.1, -0.05) is 48.0 Å². The molecule has 3 heterocycles. The van der Waals surface area contributed by atoms with Gasteiger partial charge in [0.1, 0.15) is 11.6 Å². The Bertz CT molecular complexity index is 1670. The first-order valence-corrected chi connectivity index (χ1v) is 15.2. The highest BCUT2D eigenvalue weighted by atomic mass is 35.5. The molecule has 1 fully saturated rings. The normalized spacial score (nSPS) is 14.4. The van der Waals surface area contributed by atoms with Crippen LogP contribution in [0.4, 0.5) is 5.82 Å². The van der Waals surface area contributed by atoms with E-state index in [1.807, 2.05) is 60.0 Å². The molecule has 5 rings (SSSR count). The van der Waals surface area contributed by atoms with Gasteiger partial charge in [-0.2, -0.15) is 9.61 Å². The number of carbonyl (C=O) groups excluding carboxylic acids is 1. The maximum Gasteiger partial charge on any atom is 0.310 e. The van der Waals surface area contributed by atoms with Gasteiger partial charge in [0.25, 0.3) is 0 Å². The van der Waals surface area contributed by atoms with Crippen LogP contribution in [0.5, 0.6) is 5.75 Å². The highest BCUT2D eigenvalue weighted by Gasteiger charge is 2.33. The highest BCUT2D eigenvalue weighted by Crippen LogP contribution is 2.39. The topological polar surface area (TPSA) is 78.2 Å². The zero-order valence-corrected chi connectivity index (χ0v) is 26.4. The number of methoxy groups -OCH3 is 1. The molecule has 4 aromatic rings. The van der Waals surface area contributed by atoms with Crippen molar-refractivity contribution >= 4 is 29.0 Å². The first-order chi connectivity index (χ1) is 21.3. The van der Waals surface area contributed by atoms with Gasteiger partial charge in [-0.15, -0.1) is 13.2 Å². The van der Waals surface area contributed by atoms with Crippen molar-refractivity contribution in [2.75, 3.05) is 38.3 Å². The molecule has 0 N–H and O–H groups in total. The molecule has 1 aliphatic heterocycles. The van der Waals surface area contributed by atoms with Crippen LogP contribution in [-0.4, -0.2) is 59.6 Å². The van der Waals surface area contributed by atoms with Gasteiger partial charge in [0.15, 0.2) is 5.65 Å². The maximum atomic E-state index is 12.5. The highest BCUT2D eigenvalue weighted by molar-refractivity contribution is 6.33. The summed E-state index contributed by atoms with van der Waals surface area (Å²) in [7, 11) is 1.40. The molecule has 1 saturated heterocycles. The van der Waals surface area contributed by atoms with E-state index in [9.17, 15) is 4.79 Å². The number of esters is 1. The van der Waals surface area contributed by atoms with Crippen LogP contribution >= 0.6 is 11.6 Å². The van der Waals surface area contributed by atoms with E-state index in [0.717, 1.165) is 71.8 Å². The fourth-order valence-electron chi connectivity index (χ4n) is 5.61. The second-order valence-electron chi connectivity index (χ2n) is 11.2. The van der Waals surface area contributed by atoms with E-state index in [1.165, 1.54) is 7.11 Å². The minimum atomic E-state index is -0.322. The minimum Gasteiger partial charge on any atom is -0.493 e. The summed E-state index contributed by atoms with van der Waals surface area (Å²) < 4.78 is 19.1. The van der Waals surface area contributed by atoms with Gasteiger partial charge in [0, 0.05) is 41.5 Å². The molecule has 1 aliphatic rings. The summed E-state index contributed by atoms with van der Waals surface area (Å²) in [5.74, 6) is 1.25. The molecule has 9 heteroatoms. The Morgan fingerprint density at radius 3 is 2.57 bits per heavy atom. The van der Waals surface area contributed by atoms with E-state index in [1.54, 1.807) is 6.08 Å². The zero-order valence-electron chi connectivity index (χ0n) is 25.6. The third-order valence-corrected chi connectivity index (χ3v) is 8.42. The lowest BCUT2D eigenvalue weighted by Crippen LogP contribution is -2.45. The Balaban J connectivity index is 1.56. The molecule has 44 heavy (non-hydrogen) atoms. The number of benzene rings is 2. The average molecular weight is 615 g/mol. The van der Waals surface area contributed by atoms with Crippen molar-refractivity contribution in [2.24, 2.45) is 0 Å². The second kappa shape index (κ2) is 13.7. The first kappa shape index (κ1) is 31.3. The Morgan fingerprint density at radius 1 is 1.09 bits per heavy atom. The van der Waals surface area contributed by atoms with Crippen LogP contribution in [0, 0.1) is 6.92 Å². The number of hydrogen-bond donors (Lipinski definition) is 0. The van der Waals surface area contributed by atoms with Crippen molar-refractivity contribution in [3.63, 3.8) is 0 Å². The Hall–Kier alpha value is -4.14. The van der Waals surface area contributed by atoms with Gasteiger partial charge < -0.3 is 19.1 Å². The molecule has 2 aromatic heterocycles. The average Bonchev–Trinajstić information content (AvgIpc) is 3.45. The lowest BCUT2D eigenvalue weighted by Gasteiger charge is -2.40. The lowest BCUT2D eigenvalue weighted by atomic mass is 9.93. The van der Waals surface area contributed by atoms with E-state index in [2.05, 4.69) is 31.0 Å². The van der Waals surface area contributed by atoms with Gasteiger partial charge in [-0.05, 0) is 56.9 Å². The Kier molecular flexibility index (Phi) is 9.71. The molecular formula is C35H39ClN4O4. The van der Waals surface area contributed by atoms with Gasteiger partial charge in [-0.25, -0.2) is 4.98 Å². The molecule has 0 atom stereocenters. The molecule has 0 unspecified atom stereocenters. The summed E-state index contributed by atoms with van der Waals surface area (Å²) in [4.78, 5) is 19.7. The van der Waals surface area contributed by atoms with Crippen molar-refractivity contribution in [1.82, 2.24) is 14.6 Å². The standard InChI is InChI=1S/C35H39ClN4O4/c1-6-8-20-43-30-14-10-13-28(36)33(30)26-12-9-11-25(21-26)29-23-31-37-24(3)27(22-32(41)42-5)34(40(31)38-29)39-17-15-35(4,16-18-39)44-19-7-2/h6-7,9-14,21,23H,1-2,8,15-20,22H2,3-5H3. The minimum absolute atomic E-state index is 0.104. The third kappa shape index (κ3) is 6.66. The number of anilines is 1. The number of aryl methyl sites for hydroxylation is 1. The molecule has 8 nitrogen and oxygen atoms in total. The SMILES string of the molecule is C=CCCOc1cccc(Cl)c1-c1cccc(-c2cc3nc(C)c(CC(=O)OC)c(N4CCC(C)(OCC=C)CC4)n3n2)c1. The zero-order chi connectivity index (χ0) is 31.3. The molecule has 0 aliphatic carbocycles. The Morgan fingerprint density at radius 2 is 1.84 bits per heavy atom. The number of piperidine rings is 1. The number of aromatic nitrogens is 3. The third-order valence-electron chi connectivity index (χ3n) is 8.10. The van der Waals surface area contributed by atoms with Crippen LogP contribution in [0.15, 0.2) is 73.8 Å². The predicted octanol–water partition coefficient (Wildman–Crippen LogP) is 7.26. The molecule has 0 bridgehead atoms. The number of ether oxygens (including phenoxy) is 3. The molecule has 0 spiro atoms. The summed E-state index contributed by atoms with van der Waals surface area (Å²) >= 11 is 6.70. The number of rotatable bonds is 12. The molecule has 230 valence electrons. The smallest absolute Gasteiger partial charge is 0.310 e. The summed E-state index contributed by atoms with van der Waals surface area (Å²) in [5.41, 5.74) is 5.45. The predicted molar refractivity (Wildman–Crippen MR) is 176 cm³/mol.